The molecular weight excluding hydrogens is 385 g/mol. The Balaban J connectivity index is 0.00000364. The van der Waals surface area contributed by atoms with Gasteiger partial charge in [0.15, 0.2) is 0 Å². The molecule has 2 aromatic rings. The SMILES string of the molecule is Cl.NCCCCNC(=O)CC(NC(=O)c1ccccc1Cl)c1ccccc1. The van der Waals surface area contributed by atoms with Crippen LogP contribution in [0.3, 0.4) is 0 Å². The number of halogens is 2. The molecule has 2 aromatic carbocycles. The molecule has 27 heavy (non-hydrogen) atoms. The zero-order chi connectivity index (χ0) is 18.8. The minimum absolute atomic E-state index is 0. The number of amides is 2. The number of benzene rings is 2. The zero-order valence-corrected chi connectivity index (χ0v) is 16.6. The fraction of sp³-hybridized carbons (Fsp3) is 0.300. The molecule has 1 atom stereocenters. The summed E-state index contributed by atoms with van der Waals surface area (Å²) in [5.74, 6) is -0.421. The minimum atomic E-state index is -0.436. The zero-order valence-electron chi connectivity index (χ0n) is 15.0. The lowest BCUT2D eigenvalue weighted by Crippen LogP contribution is -2.34. The van der Waals surface area contributed by atoms with E-state index in [0.29, 0.717) is 23.7 Å². The summed E-state index contributed by atoms with van der Waals surface area (Å²) in [7, 11) is 0. The molecule has 0 aromatic heterocycles. The van der Waals surface area contributed by atoms with Gasteiger partial charge in [-0.2, -0.15) is 0 Å². The van der Waals surface area contributed by atoms with Crippen molar-refractivity contribution in [2.75, 3.05) is 13.1 Å². The Hall–Kier alpha value is -2.08. The molecule has 0 aliphatic rings. The van der Waals surface area contributed by atoms with Gasteiger partial charge in [0.05, 0.1) is 23.0 Å². The normalized spacial score (nSPS) is 11.2. The number of carbonyl (C=O) groups is 2. The summed E-state index contributed by atoms with van der Waals surface area (Å²) >= 11 is 6.10. The van der Waals surface area contributed by atoms with E-state index in [2.05, 4.69) is 10.6 Å². The van der Waals surface area contributed by atoms with E-state index in [1.165, 1.54) is 0 Å². The van der Waals surface area contributed by atoms with Crippen LogP contribution in [0, 0.1) is 0 Å². The number of nitrogens with two attached hydrogens (primary N) is 1. The third-order valence-electron chi connectivity index (χ3n) is 3.97. The Kier molecular flexibility index (Phi) is 10.5. The van der Waals surface area contributed by atoms with Gasteiger partial charge in [0.1, 0.15) is 0 Å². The number of carbonyl (C=O) groups excluding carboxylic acids is 2. The molecule has 7 heteroatoms. The van der Waals surface area contributed by atoms with Crippen molar-refractivity contribution in [3.63, 3.8) is 0 Å². The molecule has 4 N–H and O–H groups in total. The second kappa shape index (κ2) is 12.3. The van der Waals surface area contributed by atoms with Crippen molar-refractivity contribution < 1.29 is 9.59 Å². The van der Waals surface area contributed by atoms with Crippen molar-refractivity contribution >= 4 is 35.8 Å². The minimum Gasteiger partial charge on any atom is -0.356 e. The maximum atomic E-state index is 12.6. The van der Waals surface area contributed by atoms with Crippen molar-refractivity contribution in [2.24, 2.45) is 5.73 Å². The lowest BCUT2D eigenvalue weighted by atomic mass is 10.0. The van der Waals surface area contributed by atoms with Gasteiger partial charge in [-0.1, -0.05) is 54.1 Å². The number of hydrogen-bond donors (Lipinski definition) is 3. The van der Waals surface area contributed by atoms with E-state index in [4.69, 9.17) is 17.3 Å². The standard InChI is InChI=1S/C20H24ClN3O2.ClH/c21-17-11-5-4-10-16(17)20(26)24-18(15-8-2-1-3-9-15)14-19(25)23-13-7-6-12-22;/h1-5,8-11,18H,6-7,12-14,22H2,(H,23,25)(H,24,26);1H. The van der Waals surface area contributed by atoms with E-state index in [0.717, 1.165) is 18.4 Å². The van der Waals surface area contributed by atoms with Gasteiger partial charge in [0.25, 0.3) is 5.91 Å². The average molecular weight is 410 g/mol. The maximum absolute atomic E-state index is 12.6. The smallest absolute Gasteiger partial charge is 0.253 e. The maximum Gasteiger partial charge on any atom is 0.253 e. The predicted molar refractivity (Wildman–Crippen MR) is 111 cm³/mol. The molecule has 2 amide bonds. The van der Waals surface area contributed by atoms with Crippen LogP contribution >= 0.6 is 24.0 Å². The summed E-state index contributed by atoms with van der Waals surface area (Å²) in [6.45, 7) is 1.19. The first-order valence-electron chi connectivity index (χ1n) is 8.69. The monoisotopic (exact) mass is 409 g/mol. The Morgan fingerprint density at radius 1 is 1.00 bits per heavy atom. The van der Waals surface area contributed by atoms with E-state index in [1.54, 1.807) is 24.3 Å². The van der Waals surface area contributed by atoms with Gasteiger partial charge in [-0.15, -0.1) is 12.4 Å². The molecule has 5 nitrogen and oxygen atoms in total. The van der Waals surface area contributed by atoms with Crippen LogP contribution in [0.2, 0.25) is 5.02 Å². The molecule has 0 fully saturated rings. The van der Waals surface area contributed by atoms with Gasteiger partial charge in [-0.25, -0.2) is 0 Å². The molecule has 0 aliphatic carbocycles. The molecule has 0 radical (unpaired) electrons. The van der Waals surface area contributed by atoms with Crippen molar-refractivity contribution in [1.29, 1.82) is 0 Å². The molecule has 0 saturated carbocycles. The molecule has 146 valence electrons. The Bertz CT molecular complexity index is 726. The summed E-state index contributed by atoms with van der Waals surface area (Å²) in [6, 6.07) is 15.8. The summed E-state index contributed by atoms with van der Waals surface area (Å²) in [6.07, 6.45) is 1.86. The van der Waals surface area contributed by atoms with Crippen molar-refractivity contribution in [3.8, 4) is 0 Å². The van der Waals surface area contributed by atoms with Crippen LogP contribution in [0.25, 0.3) is 0 Å². The first-order valence-corrected chi connectivity index (χ1v) is 9.06. The molecular formula is C20H25Cl2N3O2. The van der Waals surface area contributed by atoms with Crippen LogP contribution in [0.4, 0.5) is 0 Å². The molecule has 2 rings (SSSR count). The third-order valence-corrected chi connectivity index (χ3v) is 4.30. The van der Waals surface area contributed by atoms with Gasteiger partial charge in [-0.3, -0.25) is 9.59 Å². The van der Waals surface area contributed by atoms with Crippen LogP contribution in [0.15, 0.2) is 54.6 Å². The van der Waals surface area contributed by atoms with E-state index in [1.807, 2.05) is 30.3 Å². The molecule has 0 heterocycles. The van der Waals surface area contributed by atoms with E-state index >= 15 is 0 Å². The fourth-order valence-corrected chi connectivity index (χ4v) is 2.80. The summed E-state index contributed by atoms with van der Waals surface area (Å²) in [5, 5.41) is 6.17. The molecule has 1 unspecified atom stereocenters. The molecule has 0 spiro atoms. The van der Waals surface area contributed by atoms with Crippen molar-refractivity contribution in [3.05, 3.63) is 70.7 Å². The predicted octanol–water partition coefficient (Wildman–Crippen LogP) is 3.48. The fourth-order valence-electron chi connectivity index (χ4n) is 2.57. The van der Waals surface area contributed by atoms with Crippen LogP contribution in [-0.2, 0) is 4.79 Å². The molecule has 0 bridgehead atoms. The Labute approximate surface area is 171 Å². The highest BCUT2D eigenvalue weighted by Gasteiger charge is 2.20. The second-order valence-electron chi connectivity index (χ2n) is 5.97. The van der Waals surface area contributed by atoms with Crippen LogP contribution < -0.4 is 16.4 Å². The van der Waals surface area contributed by atoms with Crippen LogP contribution in [0.1, 0.15) is 41.2 Å². The van der Waals surface area contributed by atoms with Crippen molar-refractivity contribution in [1.82, 2.24) is 10.6 Å². The highest BCUT2D eigenvalue weighted by molar-refractivity contribution is 6.33. The van der Waals surface area contributed by atoms with E-state index in [-0.39, 0.29) is 30.6 Å². The summed E-state index contributed by atoms with van der Waals surface area (Å²) in [5.41, 5.74) is 6.71. The first kappa shape index (κ1) is 23.0. The summed E-state index contributed by atoms with van der Waals surface area (Å²) in [4.78, 5) is 24.8. The lowest BCUT2D eigenvalue weighted by Gasteiger charge is -2.19. The Morgan fingerprint density at radius 2 is 1.67 bits per heavy atom. The van der Waals surface area contributed by atoms with Crippen LogP contribution in [0.5, 0.6) is 0 Å². The van der Waals surface area contributed by atoms with Gasteiger partial charge >= 0.3 is 0 Å². The Morgan fingerprint density at radius 3 is 2.33 bits per heavy atom. The van der Waals surface area contributed by atoms with E-state index < -0.39 is 6.04 Å². The van der Waals surface area contributed by atoms with E-state index in [9.17, 15) is 9.59 Å². The highest BCUT2D eigenvalue weighted by atomic mass is 35.5. The summed E-state index contributed by atoms with van der Waals surface area (Å²) < 4.78 is 0. The second-order valence-corrected chi connectivity index (χ2v) is 6.37. The number of hydrogen-bond acceptors (Lipinski definition) is 3. The van der Waals surface area contributed by atoms with Gasteiger partial charge in [0, 0.05) is 6.54 Å². The number of rotatable bonds is 9. The average Bonchev–Trinajstić information content (AvgIpc) is 2.65. The topological polar surface area (TPSA) is 84.2 Å². The molecule has 0 aliphatic heterocycles. The van der Waals surface area contributed by atoms with Gasteiger partial charge in [0.2, 0.25) is 5.91 Å². The first-order chi connectivity index (χ1) is 12.6. The quantitative estimate of drug-likeness (QED) is 0.554. The lowest BCUT2D eigenvalue weighted by molar-refractivity contribution is -0.121. The number of nitrogens with one attached hydrogen (secondary N) is 2. The largest absolute Gasteiger partial charge is 0.356 e. The van der Waals surface area contributed by atoms with Crippen molar-refractivity contribution in [2.45, 2.75) is 25.3 Å². The molecule has 0 saturated heterocycles. The number of unbranched alkanes of at least 4 members (excludes halogenated alkanes) is 1. The van der Waals surface area contributed by atoms with Gasteiger partial charge in [-0.05, 0) is 37.1 Å². The van der Waals surface area contributed by atoms with Gasteiger partial charge < -0.3 is 16.4 Å². The highest BCUT2D eigenvalue weighted by Crippen LogP contribution is 2.20. The van der Waals surface area contributed by atoms with Crippen LogP contribution in [-0.4, -0.2) is 24.9 Å². The third kappa shape index (κ3) is 7.59.